The topological polar surface area (TPSA) is 76.9 Å². The molecule has 1 amide bonds. The number of carbonyl (C=O) groups excluding carboxylic acids is 3. The number of hydrogen-bond acceptors (Lipinski definition) is 6. The molecule has 0 aromatic carbocycles. The lowest BCUT2D eigenvalue weighted by atomic mass is 10.0. The lowest BCUT2D eigenvalue weighted by Crippen LogP contribution is -3.14. The van der Waals surface area contributed by atoms with Crippen molar-refractivity contribution < 1.29 is 24.0 Å². The Morgan fingerprint density at radius 3 is 2.79 bits per heavy atom. The molecule has 0 radical (unpaired) electrons. The first-order valence-corrected chi connectivity index (χ1v) is 11.0. The van der Waals surface area contributed by atoms with Crippen LogP contribution in [0.25, 0.3) is 0 Å². The molecule has 1 unspecified atom stereocenters. The first-order chi connectivity index (χ1) is 13.3. The second kappa shape index (κ2) is 8.55. The van der Waals surface area contributed by atoms with Crippen molar-refractivity contribution in [2.45, 2.75) is 40.2 Å². The standard InChI is InChI=1S/C20H24N2O4S2/c1-5-26-20(25)17-11(2)18(13(4)23)28-19(17)21-16(24)10-22-8-6-15-14(12(22)3)7-9-27-15/h7,9,12H,5-6,8,10H2,1-4H3,(H,21,24)/p+1/t12-/m1/s1. The summed E-state index contributed by atoms with van der Waals surface area (Å²) in [5, 5.41) is 5.36. The molecule has 28 heavy (non-hydrogen) atoms. The Bertz CT molecular complexity index is 915. The first-order valence-electron chi connectivity index (χ1n) is 9.35. The number of carbonyl (C=O) groups is 3. The van der Waals surface area contributed by atoms with Gasteiger partial charge in [0.05, 0.1) is 23.6 Å². The summed E-state index contributed by atoms with van der Waals surface area (Å²) in [7, 11) is 0. The minimum Gasteiger partial charge on any atom is -0.462 e. The van der Waals surface area contributed by atoms with Crippen LogP contribution in [0.5, 0.6) is 0 Å². The number of ether oxygens (including phenoxy) is 1. The summed E-state index contributed by atoms with van der Waals surface area (Å²) >= 11 is 2.91. The van der Waals surface area contributed by atoms with Gasteiger partial charge < -0.3 is 15.0 Å². The van der Waals surface area contributed by atoms with Gasteiger partial charge in [-0.3, -0.25) is 9.59 Å². The van der Waals surface area contributed by atoms with Crippen molar-refractivity contribution >= 4 is 45.3 Å². The van der Waals surface area contributed by atoms with Crippen molar-refractivity contribution in [1.29, 1.82) is 0 Å². The fourth-order valence-corrected chi connectivity index (χ4v) is 5.74. The van der Waals surface area contributed by atoms with Gasteiger partial charge >= 0.3 is 5.97 Å². The summed E-state index contributed by atoms with van der Waals surface area (Å²) in [4.78, 5) is 40.1. The van der Waals surface area contributed by atoms with E-state index in [1.807, 2.05) is 0 Å². The van der Waals surface area contributed by atoms with Crippen LogP contribution in [0.15, 0.2) is 11.4 Å². The average molecular weight is 422 g/mol. The van der Waals surface area contributed by atoms with Crippen LogP contribution in [0.2, 0.25) is 0 Å². The van der Waals surface area contributed by atoms with Gasteiger partial charge in [0, 0.05) is 16.9 Å². The predicted molar refractivity (Wildman–Crippen MR) is 111 cm³/mol. The summed E-state index contributed by atoms with van der Waals surface area (Å²) in [5.41, 5.74) is 2.16. The maximum atomic E-state index is 12.7. The maximum absolute atomic E-state index is 12.7. The number of rotatable bonds is 6. The molecule has 3 rings (SSSR count). The highest BCUT2D eigenvalue weighted by molar-refractivity contribution is 7.18. The molecule has 3 heterocycles. The van der Waals surface area contributed by atoms with Crippen molar-refractivity contribution in [3.05, 3.63) is 37.9 Å². The SMILES string of the molecule is CCOC(=O)c1c(NC(=O)C[NH+]2CCc3sccc3[C@H]2C)sc(C(C)=O)c1C. The largest absolute Gasteiger partial charge is 0.462 e. The number of fused-ring (bicyclic) bond motifs is 1. The molecule has 2 N–H and O–H groups in total. The lowest BCUT2D eigenvalue weighted by Gasteiger charge is -2.29. The second-order valence-corrected chi connectivity index (χ2v) is 8.96. The summed E-state index contributed by atoms with van der Waals surface area (Å²) < 4.78 is 5.12. The van der Waals surface area contributed by atoms with E-state index in [2.05, 4.69) is 23.7 Å². The van der Waals surface area contributed by atoms with Crippen LogP contribution in [-0.2, 0) is 16.0 Å². The Labute approximate surface area is 172 Å². The Hall–Kier alpha value is -2.03. The van der Waals surface area contributed by atoms with Crippen molar-refractivity contribution in [2.75, 3.05) is 25.0 Å². The molecule has 0 fully saturated rings. The highest BCUT2D eigenvalue weighted by Gasteiger charge is 2.31. The monoisotopic (exact) mass is 421 g/mol. The zero-order chi connectivity index (χ0) is 20.4. The van der Waals surface area contributed by atoms with Gasteiger partial charge in [0.15, 0.2) is 12.3 Å². The predicted octanol–water partition coefficient (Wildman–Crippen LogP) is 2.64. The number of quaternary nitrogens is 1. The van der Waals surface area contributed by atoms with E-state index < -0.39 is 5.97 Å². The van der Waals surface area contributed by atoms with Gasteiger partial charge in [-0.05, 0) is 44.7 Å². The third kappa shape index (κ3) is 4.04. The molecule has 0 saturated heterocycles. The Morgan fingerprint density at radius 1 is 1.36 bits per heavy atom. The highest BCUT2D eigenvalue weighted by Crippen LogP contribution is 2.34. The number of anilines is 1. The van der Waals surface area contributed by atoms with Gasteiger partial charge in [0.25, 0.3) is 5.91 Å². The van der Waals surface area contributed by atoms with E-state index in [0.29, 0.717) is 22.0 Å². The summed E-state index contributed by atoms with van der Waals surface area (Å²) in [6, 6.07) is 2.39. The number of amides is 1. The van der Waals surface area contributed by atoms with E-state index in [1.165, 1.54) is 22.3 Å². The molecule has 150 valence electrons. The van der Waals surface area contributed by atoms with E-state index in [9.17, 15) is 14.4 Å². The fourth-order valence-electron chi connectivity index (χ4n) is 3.66. The van der Waals surface area contributed by atoms with E-state index in [-0.39, 0.29) is 29.9 Å². The van der Waals surface area contributed by atoms with Crippen LogP contribution in [0, 0.1) is 6.92 Å². The smallest absolute Gasteiger partial charge is 0.341 e. The van der Waals surface area contributed by atoms with Crippen LogP contribution in [0.4, 0.5) is 5.00 Å². The summed E-state index contributed by atoms with van der Waals surface area (Å²) in [6.45, 7) is 8.47. The van der Waals surface area contributed by atoms with Gasteiger partial charge in [-0.2, -0.15) is 0 Å². The highest BCUT2D eigenvalue weighted by atomic mass is 32.1. The molecule has 0 saturated carbocycles. The van der Waals surface area contributed by atoms with Gasteiger partial charge in [-0.1, -0.05) is 0 Å². The van der Waals surface area contributed by atoms with Gasteiger partial charge in [-0.15, -0.1) is 22.7 Å². The molecule has 1 aliphatic heterocycles. The molecule has 0 bridgehead atoms. The third-order valence-electron chi connectivity index (χ3n) is 5.12. The van der Waals surface area contributed by atoms with E-state index in [0.717, 1.165) is 24.3 Å². The minimum absolute atomic E-state index is 0.131. The van der Waals surface area contributed by atoms with Crippen LogP contribution in [-0.4, -0.2) is 37.4 Å². The molecule has 0 spiro atoms. The quantitative estimate of drug-likeness (QED) is 0.555. The number of thiophene rings is 2. The summed E-state index contributed by atoms with van der Waals surface area (Å²) in [6.07, 6.45) is 0.973. The number of nitrogens with one attached hydrogen (secondary N) is 2. The van der Waals surface area contributed by atoms with Crippen molar-refractivity contribution in [3.63, 3.8) is 0 Å². The van der Waals surface area contributed by atoms with Crippen molar-refractivity contribution in [3.8, 4) is 0 Å². The van der Waals surface area contributed by atoms with Crippen LogP contribution in [0.1, 0.15) is 62.8 Å². The molecule has 1 aliphatic rings. The fraction of sp³-hybridized carbons (Fsp3) is 0.450. The molecule has 2 aromatic heterocycles. The van der Waals surface area contributed by atoms with Gasteiger partial charge in [-0.25, -0.2) is 4.79 Å². The van der Waals surface area contributed by atoms with Crippen LogP contribution < -0.4 is 10.2 Å². The van der Waals surface area contributed by atoms with Crippen molar-refractivity contribution in [2.24, 2.45) is 0 Å². The van der Waals surface area contributed by atoms with Crippen LogP contribution in [0.3, 0.4) is 0 Å². The van der Waals surface area contributed by atoms with Gasteiger partial charge in [0.1, 0.15) is 11.0 Å². The molecule has 6 nitrogen and oxygen atoms in total. The maximum Gasteiger partial charge on any atom is 0.341 e. The zero-order valence-corrected chi connectivity index (χ0v) is 18.1. The Kier molecular flexibility index (Phi) is 6.32. The minimum atomic E-state index is -0.513. The number of ketones is 1. The molecular weight excluding hydrogens is 396 g/mol. The van der Waals surface area contributed by atoms with Crippen molar-refractivity contribution in [1.82, 2.24) is 0 Å². The third-order valence-corrected chi connectivity index (χ3v) is 7.42. The Balaban J connectivity index is 1.77. The second-order valence-electron chi connectivity index (χ2n) is 6.94. The number of hydrogen-bond donors (Lipinski definition) is 2. The Morgan fingerprint density at radius 2 is 2.11 bits per heavy atom. The molecule has 0 aliphatic carbocycles. The average Bonchev–Trinajstić information content (AvgIpc) is 3.22. The molecular formula is C20H25N2O4S2+. The van der Waals surface area contributed by atoms with E-state index >= 15 is 0 Å². The molecule has 2 atom stereocenters. The number of Topliss-reactive ketones (excluding diaryl/α,β-unsaturated/α-hetero) is 1. The zero-order valence-electron chi connectivity index (χ0n) is 16.5. The first kappa shape index (κ1) is 20.7. The molecule has 2 aromatic rings. The van der Waals surface area contributed by atoms with Gasteiger partial charge in [0.2, 0.25) is 0 Å². The normalized spacial score (nSPS) is 18.4. The van der Waals surface area contributed by atoms with Crippen LogP contribution >= 0.6 is 22.7 Å². The summed E-state index contributed by atoms with van der Waals surface area (Å²) in [5.74, 6) is -0.808. The van der Waals surface area contributed by atoms with E-state index in [4.69, 9.17) is 4.74 Å². The lowest BCUT2D eigenvalue weighted by molar-refractivity contribution is -0.923. The van der Waals surface area contributed by atoms with E-state index in [1.54, 1.807) is 25.2 Å². The molecule has 8 heteroatoms. The number of esters is 1.